The number of rotatable bonds is 6. The molecule has 8 heteroatoms. The van der Waals surface area contributed by atoms with Crippen molar-refractivity contribution in [2.75, 3.05) is 16.8 Å². The quantitative estimate of drug-likeness (QED) is 0.807. The molecule has 25 heavy (non-hydrogen) atoms. The van der Waals surface area contributed by atoms with Crippen LogP contribution in [0.3, 0.4) is 0 Å². The molecular formula is C17H20N2O6. The Morgan fingerprint density at radius 2 is 1.92 bits per heavy atom. The van der Waals surface area contributed by atoms with Gasteiger partial charge in [-0.3, -0.25) is 24.1 Å². The molecule has 1 aromatic carbocycles. The van der Waals surface area contributed by atoms with Gasteiger partial charge in [0.1, 0.15) is 11.5 Å². The summed E-state index contributed by atoms with van der Waals surface area (Å²) in [4.78, 5) is 47.6. The van der Waals surface area contributed by atoms with Crippen LogP contribution in [0.2, 0.25) is 0 Å². The van der Waals surface area contributed by atoms with E-state index in [0.717, 1.165) is 0 Å². The van der Waals surface area contributed by atoms with Crippen LogP contribution in [0.25, 0.3) is 0 Å². The third kappa shape index (κ3) is 4.34. The Morgan fingerprint density at radius 3 is 2.52 bits per heavy atom. The van der Waals surface area contributed by atoms with Crippen LogP contribution in [-0.4, -0.2) is 40.8 Å². The number of carbonyl (C=O) groups is 4. The number of hydrogen-bond acceptors (Lipinski definition) is 5. The summed E-state index contributed by atoms with van der Waals surface area (Å²) in [5.41, 5.74) is -0.279. The summed E-state index contributed by atoms with van der Waals surface area (Å²) in [5.74, 6) is -1.61. The zero-order chi connectivity index (χ0) is 18.8. The molecule has 0 bridgehead atoms. The molecule has 0 radical (unpaired) electrons. The van der Waals surface area contributed by atoms with Crippen molar-refractivity contribution < 1.29 is 29.0 Å². The van der Waals surface area contributed by atoms with Crippen LogP contribution in [0.1, 0.15) is 33.6 Å². The lowest BCUT2D eigenvalue weighted by Crippen LogP contribution is -2.53. The second-order valence-electron chi connectivity index (χ2n) is 6.33. The van der Waals surface area contributed by atoms with Crippen LogP contribution in [-0.2, 0) is 19.2 Å². The first-order valence-electron chi connectivity index (χ1n) is 7.76. The summed E-state index contributed by atoms with van der Waals surface area (Å²) in [6, 6.07) is 4.70. The van der Waals surface area contributed by atoms with Crippen LogP contribution in [0.15, 0.2) is 18.2 Å². The van der Waals surface area contributed by atoms with E-state index in [4.69, 9.17) is 9.84 Å². The van der Waals surface area contributed by atoms with Gasteiger partial charge in [-0.2, -0.15) is 0 Å². The molecule has 2 amide bonds. The first kappa shape index (κ1) is 18.4. The van der Waals surface area contributed by atoms with Crippen molar-refractivity contribution in [2.24, 2.45) is 0 Å². The van der Waals surface area contributed by atoms with Crippen molar-refractivity contribution in [3.05, 3.63) is 18.2 Å². The van der Waals surface area contributed by atoms with Crippen LogP contribution in [0.4, 0.5) is 11.4 Å². The average molecular weight is 348 g/mol. The molecule has 0 aromatic heterocycles. The fourth-order valence-corrected chi connectivity index (χ4v) is 2.47. The largest absolute Gasteiger partial charge is 0.481 e. The standard InChI is InChI=1S/C17H20N2O6/c1-10(20)9-19-12-5-4-11(18-14(21)6-7-15(22)23)8-13(12)25-17(2,3)16(19)24/h4-5,8H,6-7,9H2,1-3H3,(H,18,21)(H,22,23). The van der Waals surface area contributed by atoms with Gasteiger partial charge in [0.05, 0.1) is 18.7 Å². The minimum atomic E-state index is -1.14. The lowest BCUT2D eigenvalue weighted by molar-refractivity contribution is -0.138. The highest BCUT2D eigenvalue weighted by Gasteiger charge is 2.41. The molecule has 0 unspecified atom stereocenters. The first-order chi connectivity index (χ1) is 11.6. The van der Waals surface area contributed by atoms with E-state index < -0.39 is 17.5 Å². The molecule has 2 rings (SSSR count). The molecule has 0 saturated carbocycles. The highest BCUT2D eigenvalue weighted by molar-refractivity contribution is 6.06. The third-order valence-electron chi connectivity index (χ3n) is 3.61. The Bertz CT molecular complexity index is 741. The number of nitrogens with one attached hydrogen (secondary N) is 1. The SMILES string of the molecule is CC(=O)CN1C(=O)C(C)(C)Oc2cc(NC(=O)CCC(=O)O)ccc21. The Labute approximate surface area is 144 Å². The molecule has 1 heterocycles. The molecule has 134 valence electrons. The van der Waals surface area contributed by atoms with E-state index in [1.807, 2.05) is 0 Å². The van der Waals surface area contributed by atoms with E-state index >= 15 is 0 Å². The van der Waals surface area contributed by atoms with Gasteiger partial charge in [0.25, 0.3) is 5.91 Å². The van der Waals surface area contributed by atoms with E-state index in [1.165, 1.54) is 11.8 Å². The number of Topliss-reactive ketones (excluding diaryl/α,β-unsaturated/α-hetero) is 1. The fourth-order valence-electron chi connectivity index (χ4n) is 2.47. The molecule has 0 fully saturated rings. The second-order valence-corrected chi connectivity index (χ2v) is 6.33. The summed E-state index contributed by atoms with van der Waals surface area (Å²) in [5, 5.41) is 11.2. The number of anilines is 2. The Morgan fingerprint density at radius 1 is 1.24 bits per heavy atom. The van der Waals surface area contributed by atoms with Crippen LogP contribution < -0.4 is 15.0 Å². The normalized spacial score (nSPS) is 15.2. The summed E-state index contributed by atoms with van der Waals surface area (Å²) in [7, 11) is 0. The molecule has 0 spiro atoms. The van der Waals surface area contributed by atoms with Gasteiger partial charge in [0.2, 0.25) is 5.91 Å². The predicted molar refractivity (Wildman–Crippen MR) is 89.7 cm³/mol. The molecule has 1 aliphatic heterocycles. The number of carboxylic acids is 1. The van der Waals surface area contributed by atoms with Crippen molar-refractivity contribution in [2.45, 2.75) is 39.2 Å². The number of ketones is 1. The molecule has 0 atom stereocenters. The number of nitrogens with zero attached hydrogens (tertiary/aromatic N) is 1. The maximum absolute atomic E-state index is 12.5. The fraction of sp³-hybridized carbons (Fsp3) is 0.412. The highest BCUT2D eigenvalue weighted by Crippen LogP contribution is 2.39. The molecule has 1 aliphatic rings. The van der Waals surface area contributed by atoms with E-state index in [1.54, 1.807) is 32.0 Å². The lowest BCUT2D eigenvalue weighted by Gasteiger charge is -2.38. The summed E-state index contributed by atoms with van der Waals surface area (Å²) in [6.45, 7) is 4.53. The Kier molecular flexibility index (Phi) is 5.10. The zero-order valence-electron chi connectivity index (χ0n) is 14.3. The average Bonchev–Trinajstić information content (AvgIpc) is 2.49. The van der Waals surface area contributed by atoms with Crippen molar-refractivity contribution in [1.82, 2.24) is 0 Å². The number of fused-ring (bicyclic) bond motifs is 1. The smallest absolute Gasteiger partial charge is 0.303 e. The summed E-state index contributed by atoms with van der Waals surface area (Å²) >= 11 is 0. The van der Waals surface area contributed by atoms with E-state index in [-0.39, 0.29) is 31.1 Å². The number of aliphatic carboxylic acids is 1. The number of benzene rings is 1. The molecule has 0 saturated heterocycles. The molecule has 0 aliphatic carbocycles. The first-order valence-corrected chi connectivity index (χ1v) is 7.76. The predicted octanol–water partition coefficient (Wildman–Crippen LogP) is 1.58. The van der Waals surface area contributed by atoms with Crippen molar-refractivity contribution in [3.8, 4) is 5.75 Å². The third-order valence-corrected chi connectivity index (χ3v) is 3.61. The topological polar surface area (TPSA) is 113 Å². The minimum absolute atomic E-state index is 0.0665. The number of carbonyl (C=O) groups excluding carboxylic acids is 3. The second kappa shape index (κ2) is 6.92. The summed E-state index contributed by atoms with van der Waals surface area (Å²) < 4.78 is 5.72. The van der Waals surface area contributed by atoms with Gasteiger partial charge in [-0.1, -0.05) is 0 Å². The van der Waals surface area contributed by atoms with Crippen LogP contribution in [0.5, 0.6) is 5.75 Å². The number of carboxylic acid groups (broad SMARTS) is 1. The lowest BCUT2D eigenvalue weighted by atomic mass is 10.0. The highest BCUT2D eigenvalue weighted by atomic mass is 16.5. The molecule has 1 aromatic rings. The summed E-state index contributed by atoms with van der Waals surface area (Å²) in [6.07, 6.45) is -0.408. The van der Waals surface area contributed by atoms with Gasteiger partial charge < -0.3 is 15.2 Å². The van der Waals surface area contributed by atoms with E-state index in [2.05, 4.69) is 5.32 Å². The van der Waals surface area contributed by atoms with E-state index in [9.17, 15) is 19.2 Å². The van der Waals surface area contributed by atoms with Gasteiger partial charge in [-0.15, -0.1) is 0 Å². The molecular weight excluding hydrogens is 328 g/mol. The van der Waals surface area contributed by atoms with Gasteiger partial charge in [-0.25, -0.2) is 0 Å². The maximum Gasteiger partial charge on any atom is 0.303 e. The maximum atomic E-state index is 12.5. The Balaban J connectivity index is 2.26. The van der Waals surface area contributed by atoms with Gasteiger partial charge in [0, 0.05) is 18.2 Å². The number of ether oxygens (including phenoxy) is 1. The van der Waals surface area contributed by atoms with Crippen molar-refractivity contribution in [1.29, 1.82) is 0 Å². The zero-order valence-corrected chi connectivity index (χ0v) is 14.3. The minimum Gasteiger partial charge on any atom is -0.481 e. The Hall–Kier alpha value is -2.90. The van der Waals surface area contributed by atoms with Crippen LogP contribution in [0, 0.1) is 0 Å². The van der Waals surface area contributed by atoms with E-state index in [0.29, 0.717) is 17.1 Å². The molecule has 2 N–H and O–H groups in total. The van der Waals surface area contributed by atoms with Gasteiger partial charge in [-0.05, 0) is 32.9 Å². The molecule has 8 nitrogen and oxygen atoms in total. The van der Waals surface area contributed by atoms with Crippen LogP contribution >= 0.6 is 0 Å². The van der Waals surface area contributed by atoms with Gasteiger partial charge in [0.15, 0.2) is 5.60 Å². The number of hydrogen-bond donors (Lipinski definition) is 2. The van der Waals surface area contributed by atoms with Crippen molar-refractivity contribution in [3.63, 3.8) is 0 Å². The van der Waals surface area contributed by atoms with Gasteiger partial charge >= 0.3 is 5.97 Å². The monoisotopic (exact) mass is 348 g/mol. The van der Waals surface area contributed by atoms with Crippen molar-refractivity contribution >= 4 is 34.9 Å². The number of amides is 2.